The van der Waals surface area contributed by atoms with Gasteiger partial charge in [0.15, 0.2) is 0 Å². The molecule has 0 spiro atoms. The van der Waals surface area contributed by atoms with Gasteiger partial charge in [-0.05, 0) is 49.9 Å². The van der Waals surface area contributed by atoms with Gasteiger partial charge in [-0.25, -0.2) is 0 Å². The third kappa shape index (κ3) is 2.41. The Kier molecular flexibility index (Phi) is 3.71. The van der Waals surface area contributed by atoms with Gasteiger partial charge in [0.1, 0.15) is 0 Å². The number of anilines is 1. The number of carbonyl (C=O) groups is 1. The van der Waals surface area contributed by atoms with Gasteiger partial charge in [0.2, 0.25) is 5.91 Å². The van der Waals surface area contributed by atoms with Crippen LogP contribution in [0.4, 0.5) is 5.69 Å². The smallest absolute Gasteiger partial charge is 0.231 e. The van der Waals surface area contributed by atoms with E-state index in [1.165, 1.54) is 11.1 Å². The predicted molar refractivity (Wildman–Crippen MR) is 74.5 cm³/mol. The summed E-state index contributed by atoms with van der Waals surface area (Å²) in [5.74, 6) is 0.0887. The Labute approximate surface area is 109 Å². The van der Waals surface area contributed by atoms with Crippen molar-refractivity contribution in [1.29, 1.82) is 0 Å². The molecule has 0 heterocycles. The lowest BCUT2D eigenvalue weighted by Gasteiger charge is -2.25. The number of hydrogen-bond acceptors (Lipinski definition) is 2. The van der Waals surface area contributed by atoms with E-state index in [2.05, 4.69) is 19.2 Å². The van der Waals surface area contributed by atoms with E-state index in [1.54, 1.807) is 0 Å². The van der Waals surface area contributed by atoms with E-state index in [-0.39, 0.29) is 11.3 Å². The van der Waals surface area contributed by atoms with Crippen molar-refractivity contribution in [3.63, 3.8) is 0 Å². The number of nitrogens with one attached hydrogen (secondary N) is 1. The normalized spacial score (nSPS) is 17.7. The van der Waals surface area contributed by atoms with E-state index in [9.17, 15) is 4.79 Å². The molecule has 1 aromatic carbocycles. The molecule has 1 fully saturated rings. The molecule has 0 saturated heterocycles. The van der Waals surface area contributed by atoms with Gasteiger partial charge in [-0.3, -0.25) is 4.79 Å². The van der Waals surface area contributed by atoms with Gasteiger partial charge in [-0.2, -0.15) is 0 Å². The van der Waals surface area contributed by atoms with Gasteiger partial charge in [-0.1, -0.05) is 18.9 Å². The molecule has 2 rings (SSSR count). The topological polar surface area (TPSA) is 55.1 Å². The zero-order chi connectivity index (χ0) is 13.2. The molecule has 1 amide bonds. The van der Waals surface area contributed by atoms with Gasteiger partial charge >= 0.3 is 0 Å². The van der Waals surface area contributed by atoms with E-state index < -0.39 is 0 Å². The lowest BCUT2D eigenvalue weighted by atomic mass is 9.85. The second-order valence-electron chi connectivity index (χ2n) is 5.44. The molecule has 1 aliphatic rings. The molecule has 0 unspecified atom stereocenters. The van der Waals surface area contributed by atoms with Gasteiger partial charge in [0.05, 0.1) is 5.41 Å². The van der Waals surface area contributed by atoms with Crippen LogP contribution in [0.15, 0.2) is 18.2 Å². The minimum Gasteiger partial charge on any atom is -0.329 e. The van der Waals surface area contributed by atoms with Crippen LogP contribution in [0.2, 0.25) is 0 Å². The summed E-state index contributed by atoms with van der Waals surface area (Å²) >= 11 is 0. The van der Waals surface area contributed by atoms with Crippen LogP contribution in [-0.2, 0) is 4.79 Å². The van der Waals surface area contributed by atoms with Crippen molar-refractivity contribution in [2.45, 2.75) is 39.5 Å². The lowest BCUT2D eigenvalue weighted by Crippen LogP contribution is -2.40. The van der Waals surface area contributed by atoms with Crippen molar-refractivity contribution in [2.75, 3.05) is 11.9 Å². The molecule has 18 heavy (non-hydrogen) atoms. The molecule has 0 bridgehead atoms. The highest BCUT2D eigenvalue weighted by Crippen LogP contribution is 2.38. The largest absolute Gasteiger partial charge is 0.329 e. The average molecular weight is 246 g/mol. The quantitative estimate of drug-likeness (QED) is 0.861. The van der Waals surface area contributed by atoms with Crippen LogP contribution in [0.3, 0.4) is 0 Å². The molecule has 3 heteroatoms. The summed E-state index contributed by atoms with van der Waals surface area (Å²) in [6, 6.07) is 6.01. The number of carbonyl (C=O) groups excluding carboxylic acids is 1. The first kappa shape index (κ1) is 13.1. The van der Waals surface area contributed by atoms with Crippen molar-refractivity contribution in [3.8, 4) is 0 Å². The van der Waals surface area contributed by atoms with E-state index in [0.717, 1.165) is 31.4 Å². The van der Waals surface area contributed by atoms with Crippen LogP contribution in [0, 0.1) is 19.3 Å². The summed E-state index contributed by atoms with van der Waals surface area (Å²) in [7, 11) is 0. The van der Waals surface area contributed by atoms with Gasteiger partial charge < -0.3 is 11.1 Å². The molecule has 98 valence electrons. The molecular formula is C15H22N2O. The fourth-order valence-electron chi connectivity index (χ4n) is 2.66. The highest BCUT2D eigenvalue weighted by atomic mass is 16.2. The number of amides is 1. The number of hydrogen-bond donors (Lipinski definition) is 2. The van der Waals surface area contributed by atoms with Crippen LogP contribution in [0.25, 0.3) is 0 Å². The first-order valence-corrected chi connectivity index (χ1v) is 6.66. The fraction of sp³-hybridized carbons (Fsp3) is 0.533. The maximum absolute atomic E-state index is 12.4. The standard InChI is InChI=1S/C15H22N2O/c1-11-5-6-13(9-12(11)2)17-14(18)15(10-16)7-3-4-8-15/h5-6,9H,3-4,7-8,10,16H2,1-2H3,(H,17,18). The molecular weight excluding hydrogens is 224 g/mol. The van der Waals surface area contributed by atoms with Crippen LogP contribution >= 0.6 is 0 Å². The minimum absolute atomic E-state index is 0.0887. The molecule has 3 N–H and O–H groups in total. The summed E-state index contributed by atoms with van der Waals surface area (Å²) in [6.07, 6.45) is 4.05. The van der Waals surface area contributed by atoms with E-state index in [0.29, 0.717) is 6.54 Å². The molecule has 1 aromatic rings. The second-order valence-corrected chi connectivity index (χ2v) is 5.44. The Morgan fingerprint density at radius 1 is 1.28 bits per heavy atom. The molecule has 0 aromatic heterocycles. The zero-order valence-corrected chi connectivity index (χ0v) is 11.3. The first-order chi connectivity index (χ1) is 8.57. The van der Waals surface area contributed by atoms with E-state index >= 15 is 0 Å². The molecule has 1 aliphatic carbocycles. The average Bonchev–Trinajstić information content (AvgIpc) is 2.84. The molecule has 0 radical (unpaired) electrons. The van der Waals surface area contributed by atoms with E-state index in [4.69, 9.17) is 5.73 Å². The molecule has 1 saturated carbocycles. The van der Waals surface area contributed by atoms with Crippen LogP contribution in [0.5, 0.6) is 0 Å². The Hall–Kier alpha value is -1.35. The predicted octanol–water partition coefficient (Wildman–Crippen LogP) is 2.76. The Morgan fingerprint density at radius 3 is 2.50 bits per heavy atom. The third-order valence-corrected chi connectivity index (χ3v) is 4.20. The fourth-order valence-corrected chi connectivity index (χ4v) is 2.66. The molecule has 0 aliphatic heterocycles. The van der Waals surface area contributed by atoms with Crippen molar-refractivity contribution in [3.05, 3.63) is 29.3 Å². The second kappa shape index (κ2) is 5.11. The maximum Gasteiger partial charge on any atom is 0.231 e. The Bertz CT molecular complexity index is 448. The lowest BCUT2D eigenvalue weighted by molar-refractivity contribution is -0.124. The van der Waals surface area contributed by atoms with Crippen molar-refractivity contribution in [1.82, 2.24) is 0 Å². The maximum atomic E-state index is 12.4. The van der Waals surface area contributed by atoms with Crippen LogP contribution < -0.4 is 11.1 Å². The zero-order valence-electron chi connectivity index (χ0n) is 11.3. The van der Waals surface area contributed by atoms with Crippen molar-refractivity contribution < 1.29 is 4.79 Å². The molecule has 0 atom stereocenters. The monoisotopic (exact) mass is 246 g/mol. The minimum atomic E-state index is -0.335. The highest BCUT2D eigenvalue weighted by molar-refractivity contribution is 5.95. The Balaban J connectivity index is 2.13. The number of rotatable bonds is 3. The highest BCUT2D eigenvalue weighted by Gasteiger charge is 2.39. The number of nitrogens with two attached hydrogens (primary N) is 1. The third-order valence-electron chi connectivity index (χ3n) is 4.20. The number of aryl methyl sites for hydroxylation is 2. The first-order valence-electron chi connectivity index (χ1n) is 6.66. The number of benzene rings is 1. The van der Waals surface area contributed by atoms with Gasteiger partial charge in [0, 0.05) is 12.2 Å². The SMILES string of the molecule is Cc1ccc(NC(=O)C2(CN)CCCC2)cc1C. The summed E-state index contributed by atoms with van der Waals surface area (Å²) in [6.45, 7) is 4.57. The van der Waals surface area contributed by atoms with Crippen molar-refractivity contribution in [2.24, 2.45) is 11.1 Å². The van der Waals surface area contributed by atoms with E-state index in [1.807, 2.05) is 18.2 Å². The van der Waals surface area contributed by atoms with Gasteiger partial charge in [-0.15, -0.1) is 0 Å². The van der Waals surface area contributed by atoms with Crippen LogP contribution in [-0.4, -0.2) is 12.5 Å². The molecule has 3 nitrogen and oxygen atoms in total. The summed E-state index contributed by atoms with van der Waals surface area (Å²) in [5, 5.41) is 3.02. The summed E-state index contributed by atoms with van der Waals surface area (Å²) in [4.78, 5) is 12.4. The summed E-state index contributed by atoms with van der Waals surface area (Å²) < 4.78 is 0. The van der Waals surface area contributed by atoms with Crippen LogP contribution in [0.1, 0.15) is 36.8 Å². The summed E-state index contributed by atoms with van der Waals surface area (Å²) in [5.41, 5.74) is 8.79. The van der Waals surface area contributed by atoms with Crippen molar-refractivity contribution >= 4 is 11.6 Å². The Morgan fingerprint density at radius 2 is 1.94 bits per heavy atom. The van der Waals surface area contributed by atoms with Gasteiger partial charge in [0.25, 0.3) is 0 Å².